The van der Waals surface area contributed by atoms with Crippen LogP contribution in [0.3, 0.4) is 0 Å². The number of hydrogen-bond donors (Lipinski definition) is 4. The van der Waals surface area contributed by atoms with E-state index in [1.54, 1.807) is 19.2 Å². The molecule has 11 heteroatoms. The van der Waals surface area contributed by atoms with Gasteiger partial charge in [0.2, 0.25) is 11.8 Å². The SMILES string of the molecule is COC1CC/C=C/c2cccc(c2)[C@@H](C)OC(=O)C2CCCN(N2)C(=O)C(Cc2cccc(O)c2)NC(=O)[C@H](C(C)C)NC(=O)C1. The first-order valence-corrected chi connectivity index (χ1v) is 16.0. The Hall–Kier alpha value is -4.22. The van der Waals surface area contributed by atoms with Gasteiger partial charge in [-0.3, -0.25) is 24.2 Å². The van der Waals surface area contributed by atoms with E-state index >= 15 is 0 Å². The molecule has 2 aromatic rings. The van der Waals surface area contributed by atoms with E-state index in [4.69, 9.17) is 9.47 Å². The van der Waals surface area contributed by atoms with E-state index in [1.807, 2.05) is 57.2 Å². The number of cyclic esters (lactones) is 1. The average Bonchev–Trinajstić information content (AvgIpc) is 3.04. The summed E-state index contributed by atoms with van der Waals surface area (Å²) in [6, 6.07) is 11.5. The van der Waals surface area contributed by atoms with Crippen LogP contribution in [-0.4, -0.2) is 71.7 Å². The molecule has 2 aliphatic rings. The molecule has 1 fully saturated rings. The fourth-order valence-corrected chi connectivity index (χ4v) is 5.70. The Labute approximate surface area is 270 Å². The van der Waals surface area contributed by atoms with Crippen LogP contribution < -0.4 is 16.1 Å². The number of phenols is 1. The lowest BCUT2D eigenvalue weighted by molar-refractivity contribution is -0.157. The van der Waals surface area contributed by atoms with E-state index in [0.717, 1.165) is 11.1 Å². The number of benzene rings is 2. The van der Waals surface area contributed by atoms with Crippen molar-refractivity contribution < 1.29 is 33.8 Å². The maximum absolute atomic E-state index is 14.0. The highest BCUT2D eigenvalue weighted by Crippen LogP contribution is 2.22. The highest BCUT2D eigenvalue weighted by molar-refractivity contribution is 5.92. The Balaban J connectivity index is 1.64. The number of allylic oxidation sites excluding steroid dienone is 1. The minimum Gasteiger partial charge on any atom is -0.508 e. The van der Waals surface area contributed by atoms with Crippen LogP contribution in [0.5, 0.6) is 5.75 Å². The first-order chi connectivity index (χ1) is 22.0. The van der Waals surface area contributed by atoms with Gasteiger partial charge in [-0.2, -0.15) is 0 Å². The van der Waals surface area contributed by atoms with Crippen LogP contribution in [0.2, 0.25) is 0 Å². The van der Waals surface area contributed by atoms with E-state index in [9.17, 15) is 24.3 Å². The second kappa shape index (κ2) is 16.4. The number of ether oxygens (including phenoxy) is 2. The zero-order chi connectivity index (χ0) is 33.2. The number of amides is 3. The van der Waals surface area contributed by atoms with E-state index in [1.165, 1.54) is 17.1 Å². The first-order valence-electron chi connectivity index (χ1n) is 16.0. The quantitative estimate of drug-likeness (QED) is 0.374. The zero-order valence-electron chi connectivity index (χ0n) is 27.0. The van der Waals surface area contributed by atoms with Crippen molar-refractivity contribution in [3.05, 3.63) is 71.3 Å². The van der Waals surface area contributed by atoms with Crippen LogP contribution >= 0.6 is 0 Å². The van der Waals surface area contributed by atoms with Crippen molar-refractivity contribution >= 4 is 29.8 Å². The Morgan fingerprint density at radius 2 is 1.83 bits per heavy atom. The maximum atomic E-state index is 14.0. The van der Waals surface area contributed by atoms with Gasteiger partial charge in [0.1, 0.15) is 30.0 Å². The van der Waals surface area contributed by atoms with Crippen molar-refractivity contribution in [1.29, 1.82) is 0 Å². The van der Waals surface area contributed by atoms with Crippen molar-refractivity contribution in [2.45, 2.75) is 89.6 Å². The van der Waals surface area contributed by atoms with Crippen LogP contribution in [0.25, 0.3) is 6.08 Å². The van der Waals surface area contributed by atoms with E-state index < -0.39 is 42.0 Å². The maximum Gasteiger partial charge on any atom is 0.325 e. The molecule has 248 valence electrons. The molecule has 0 spiro atoms. The molecular weight excluding hydrogens is 588 g/mol. The van der Waals surface area contributed by atoms with Crippen LogP contribution in [0, 0.1) is 5.92 Å². The van der Waals surface area contributed by atoms with Crippen LogP contribution in [0.1, 0.15) is 75.7 Å². The van der Waals surface area contributed by atoms with Gasteiger partial charge in [-0.25, -0.2) is 5.43 Å². The number of hydrogen-bond acceptors (Lipinski definition) is 8. The third-order valence-electron chi connectivity index (χ3n) is 8.35. The molecule has 2 aromatic carbocycles. The Morgan fingerprint density at radius 3 is 2.57 bits per heavy atom. The predicted molar refractivity (Wildman–Crippen MR) is 173 cm³/mol. The second-order valence-electron chi connectivity index (χ2n) is 12.3. The van der Waals surface area contributed by atoms with Crippen LogP contribution in [0.15, 0.2) is 54.6 Å². The molecule has 5 atom stereocenters. The summed E-state index contributed by atoms with van der Waals surface area (Å²) in [5.41, 5.74) is 5.44. The Bertz CT molecular complexity index is 1410. The summed E-state index contributed by atoms with van der Waals surface area (Å²) in [7, 11) is 1.56. The van der Waals surface area contributed by atoms with Gasteiger partial charge in [-0.05, 0) is 73.4 Å². The molecule has 0 saturated carbocycles. The lowest BCUT2D eigenvalue weighted by atomic mass is 10.00. The molecule has 2 heterocycles. The summed E-state index contributed by atoms with van der Waals surface area (Å²) in [4.78, 5) is 54.0. The number of esters is 1. The van der Waals surface area contributed by atoms with Crippen molar-refractivity contribution in [2.24, 2.45) is 5.92 Å². The number of carbonyl (C=O) groups is 4. The molecular formula is C35H46N4O7. The van der Waals surface area contributed by atoms with Crippen molar-refractivity contribution in [3.63, 3.8) is 0 Å². The normalized spacial score (nSPS) is 26.3. The first kappa shape index (κ1) is 34.6. The molecule has 2 aliphatic heterocycles. The van der Waals surface area contributed by atoms with Crippen molar-refractivity contribution in [2.75, 3.05) is 13.7 Å². The highest BCUT2D eigenvalue weighted by atomic mass is 16.5. The molecule has 4 bridgehead atoms. The van der Waals surface area contributed by atoms with Crippen molar-refractivity contribution in [3.8, 4) is 5.75 Å². The number of nitrogens with zero attached hydrogens (tertiary/aromatic N) is 1. The van der Waals surface area contributed by atoms with Gasteiger partial charge in [-0.1, -0.05) is 56.3 Å². The standard InChI is InChI=1S/C35H46N4O7/c1-22(2)32-33(42)36-30(20-25-12-8-14-27(40)19-25)34(43)39-17-9-16-29(38-39)35(44)46-23(3)26-13-7-11-24(18-26)10-5-6-15-28(45-4)21-31(41)37-32/h5,7-8,10-14,18-19,22-23,28-30,32,38,40H,6,9,15-17,20-21H2,1-4H3,(H,36,42)(H,37,41)/b10-5+/t23-,28?,29?,30?,32+/m1/s1. The minimum atomic E-state index is -1.05. The van der Waals surface area contributed by atoms with Gasteiger partial charge in [0, 0.05) is 20.1 Å². The molecule has 1 saturated heterocycles. The minimum absolute atomic E-state index is 0.0313. The second-order valence-corrected chi connectivity index (χ2v) is 12.3. The number of aromatic hydroxyl groups is 1. The number of carbonyl (C=O) groups excluding carboxylic acids is 4. The Morgan fingerprint density at radius 1 is 1.04 bits per heavy atom. The van der Waals surface area contributed by atoms with E-state index in [2.05, 4.69) is 16.1 Å². The molecule has 4 N–H and O–H groups in total. The number of hydrazine groups is 1. The van der Waals surface area contributed by atoms with Gasteiger partial charge < -0.3 is 25.2 Å². The molecule has 0 radical (unpaired) electrons. The third kappa shape index (κ3) is 9.64. The summed E-state index contributed by atoms with van der Waals surface area (Å²) in [6.45, 7) is 5.77. The van der Waals surface area contributed by atoms with Gasteiger partial charge in [0.05, 0.1) is 12.5 Å². The summed E-state index contributed by atoms with van der Waals surface area (Å²) in [5, 5.41) is 17.1. The summed E-state index contributed by atoms with van der Waals surface area (Å²) in [5.74, 6) is -2.01. The highest BCUT2D eigenvalue weighted by Gasteiger charge is 2.35. The van der Waals surface area contributed by atoms with Crippen molar-refractivity contribution in [1.82, 2.24) is 21.1 Å². The summed E-state index contributed by atoms with van der Waals surface area (Å²) >= 11 is 0. The van der Waals surface area contributed by atoms with Crippen LogP contribution in [0.4, 0.5) is 0 Å². The molecule has 4 rings (SSSR count). The number of nitrogens with one attached hydrogen (secondary N) is 3. The molecule has 3 amide bonds. The Kier molecular flexibility index (Phi) is 12.3. The average molecular weight is 635 g/mol. The topological polar surface area (TPSA) is 146 Å². The molecule has 0 aromatic heterocycles. The monoisotopic (exact) mass is 634 g/mol. The van der Waals surface area contributed by atoms with Crippen LogP contribution in [-0.2, 0) is 35.1 Å². The van der Waals surface area contributed by atoms with E-state index in [-0.39, 0.29) is 36.5 Å². The zero-order valence-corrected chi connectivity index (χ0v) is 27.0. The van der Waals surface area contributed by atoms with Gasteiger partial charge >= 0.3 is 5.97 Å². The fourth-order valence-electron chi connectivity index (χ4n) is 5.70. The number of methoxy groups -OCH3 is 1. The lowest BCUT2D eigenvalue weighted by Crippen LogP contribution is -2.62. The predicted octanol–water partition coefficient (Wildman–Crippen LogP) is 3.57. The molecule has 0 aliphatic carbocycles. The molecule has 11 nitrogen and oxygen atoms in total. The number of rotatable bonds is 4. The van der Waals surface area contributed by atoms with E-state index in [0.29, 0.717) is 37.8 Å². The molecule has 3 unspecified atom stereocenters. The van der Waals surface area contributed by atoms with Gasteiger partial charge in [0.15, 0.2) is 0 Å². The number of phenolic OH excluding ortho intramolecular Hbond substituents is 1. The largest absolute Gasteiger partial charge is 0.508 e. The number of fused-ring (bicyclic) bond motifs is 4. The van der Waals surface area contributed by atoms with Gasteiger partial charge in [0.25, 0.3) is 5.91 Å². The molecule has 46 heavy (non-hydrogen) atoms. The summed E-state index contributed by atoms with van der Waals surface area (Å²) < 4.78 is 11.4. The lowest BCUT2D eigenvalue weighted by Gasteiger charge is -2.36. The smallest absolute Gasteiger partial charge is 0.325 e. The third-order valence-corrected chi connectivity index (χ3v) is 8.35. The van der Waals surface area contributed by atoms with Gasteiger partial charge in [-0.15, -0.1) is 0 Å². The summed E-state index contributed by atoms with van der Waals surface area (Å²) in [6.07, 6.45) is 5.55. The fraction of sp³-hybridized carbons (Fsp3) is 0.486.